The summed E-state index contributed by atoms with van der Waals surface area (Å²) >= 11 is 1.22. The standard InChI is InChI=1S/C18H18N2O5S2/c1-3-24-13-7-10-15-16(11-13)26-18(19-15)20-27(22,23)14-8-5-12(6-9-14)17(21)25-4-2/h5-11H,3-4H2,1-2H3,(H,19,20). The molecule has 0 amide bonds. The van der Waals surface area contributed by atoms with Crippen molar-refractivity contribution in [2.24, 2.45) is 0 Å². The predicted molar refractivity (Wildman–Crippen MR) is 104 cm³/mol. The summed E-state index contributed by atoms with van der Waals surface area (Å²) in [5.41, 5.74) is 0.970. The lowest BCUT2D eigenvalue weighted by atomic mass is 10.2. The Balaban J connectivity index is 1.81. The molecule has 3 rings (SSSR count). The number of ether oxygens (including phenoxy) is 2. The lowest BCUT2D eigenvalue weighted by Crippen LogP contribution is -2.13. The third kappa shape index (κ3) is 4.37. The SMILES string of the molecule is CCOC(=O)c1ccc(S(=O)(=O)Nc2nc3ccc(OCC)cc3s2)cc1. The Hall–Kier alpha value is -2.65. The van der Waals surface area contributed by atoms with E-state index in [-0.39, 0.29) is 16.6 Å². The number of thiazole rings is 1. The Morgan fingerprint density at radius 3 is 2.52 bits per heavy atom. The summed E-state index contributed by atoms with van der Waals surface area (Å²) in [6, 6.07) is 10.9. The van der Waals surface area contributed by atoms with E-state index in [2.05, 4.69) is 9.71 Å². The Labute approximate surface area is 161 Å². The minimum absolute atomic E-state index is 0.0322. The molecule has 3 aromatic rings. The molecule has 0 aliphatic rings. The van der Waals surface area contributed by atoms with Crippen molar-refractivity contribution in [3.63, 3.8) is 0 Å². The van der Waals surface area contributed by atoms with Crippen molar-refractivity contribution in [1.82, 2.24) is 4.98 Å². The highest BCUT2D eigenvalue weighted by molar-refractivity contribution is 7.93. The van der Waals surface area contributed by atoms with E-state index in [0.29, 0.717) is 23.4 Å². The van der Waals surface area contributed by atoms with E-state index in [1.54, 1.807) is 19.1 Å². The Morgan fingerprint density at radius 1 is 1.11 bits per heavy atom. The molecule has 2 aromatic carbocycles. The first-order chi connectivity index (χ1) is 12.9. The first kappa shape index (κ1) is 19.1. The molecule has 1 aromatic heterocycles. The maximum absolute atomic E-state index is 12.6. The molecule has 0 aliphatic heterocycles. The lowest BCUT2D eigenvalue weighted by Gasteiger charge is -2.06. The largest absolute Gasteiger partial charge is 0.494 e. The summed E-state index contributed by atoms with van der Waals surface area (Å²) in [6.07, 6.45) is 0. The van der Waals surface area contributed by atoms with Gasteiger partial charge in [0.25, 0.3) is 10.0 Å². The summed E-state index contributed by atoms with van der Waals surface area (Å²) in [6.45, 7) is 4.40. The first-order valence-electron chi connectivity index (χ1n) is 8.26. The van der Waals surface area contributed by atoms with Crippen LogP contribution in [-0.2, 0) is 14.8 Å². The molecule has 0 bridgehead atoms. The molecule has 1 N–H and O–H groups in total. The van der Waals surface area contributed by atoms with Crippen molar-refractivity contribution >= 4 is 42.7 Å². The van der Waals surface area contributed by atoms with Gasteiger partial charge in [0, 0.05) is 0 Å². The quantitative estimate of drug-likeness (QED) is 0.602. The van der Waals surface area contributed by atoms with Gasteiger partial charge in [-0.3, -0.25) is 4.72 Å². The van der Waals surface area contributed by atoms with E-state index in [9.17, 15) is 13.2 Å². The van der Waals surface area contributed by atoms with Gasteiger partial charge in [0.1, 0.15) is 5.75 Å². The Bertz CT molecular complexity index is 1060. The number of fused-ring (bicyclic) bond motifs is 1. The number of esters is 1. The summed E-state index contributed by atoms with van der Waals surface area (Å²) in [7, 11) is -3.82. The molecule has 9 heteroatoms. The van der Waals surface area contributed by atoms with Crippen LogP contribution in [0.1, 0.15) is 24.2 Å². The number of sulfonamides is 1. The maximum atomic E-state index is 12.6. The van der Waals surface area contributed by atoms with E-state index >= 15 is 0 Å². The molecular formula is C18H18N2O5S2. The van der Waals surface area contributed by atoms with Crippen LogP contribution < -0.4 is 9.46 Å². The van der Waals surface area contributed by atoms with Crippen LogP contribution in [-0.4, -0.2) is 32.6 Å². The van der Waals surface area contributed by atoms with Gasteiger partial charge in [-0.15, -0.1) is 0 Å². The molecule has 0 spiro atoms. The van der Waals surface area contributed by atoms with Gasteiger partial charge in [-0.25, -0.2) is 18.2 Å². The molecule has 0 unspecified atom stereocenters. The van der Waals surface area contributed by atoms with Gasteiger partial charge in [0.05, 0.1) is 33.9 Å². The fourth-order valence-corrected chi connectivity index (χ4v) is 4.49. The number of hydrogen-bond donors (Lipinski definition) is 1. The van der Waals surface area contributed by atoms with Crippen molar-refractivity contribution in [3.8, 4) is 5.75 Å². The summed E-state index contributed by atoms with van der Waals surface area (Å²) in [4.78, 5) is 16.0. The number of rotatable bonds is 7. The zero-order chi connectivity index (χ0) is 19.4. The zero-order valence-corrected chi connectivity index (χ0v) is 16.4. The van der Waals surface area contributed by atoms with E-state index in [1.165, 1.54) is 35.6 Å². The molecule has 27 heavy (non-hydrogen) atoms. The van der Waals surface area contributed by atoms with Crippen LogP contribution in [0.15, 0.2) is 47.4 Å². The summed E-state index contributed by atoms with van der Waals surface area (Å²) < 4.78 is 38.8. The molecular weight excluding hydrogens is 388 g/mol. The van der Waals surface area contributed by atoms with Crippen molar-refractivity contribution < 1.29 is 22.7 Å². The number of nitrogens with one attached hydrogen (secondary N) is 1. The Morgan fingerprint density at radius 2 is 1.85 bits per heavy atom. The van der Waals surface area contributed by atoms with E-state index in [0.717, 1.165) is 4.70 Å². The highest BCUT2D eigenvalue weighted by Gasteiger charge is 2.18. The monoisotopic (exact) mass is 406 g/mol. The number of nitrogens with zero attached hydrogens (tertiary/aromatic N) is 1. The van der Waals surface area contributed by atoms with Gasteiger partial charge >= 0.3 is 5.97 Å². The molecule has 0 saturated heterocycles. The first-order valence-corrected chi connectivity index (χ1v) is 10.6. The van der Waals surface area contributed by atoms with Crippen LogP contribution in [0, 0.1) is 0 Å². The molecule has 0 fully saturated rings. The average Bonchev–Trinajstić information content (AvgIpc) is 3.03. The smallest absolute Gasteiger partial charge is 0.338 e. The highest BCUT2D eigenvalue weighted by atomic mass is 32.2. The summed E-state index contributed by atoms with van der Waals surface area (Å²) in [5, 5.41) is 0.258. The fraction of sp³-hybridized carbons (Fsp3) is 0.222. The second-order valence-corrected chi connectivity index (χ2v) is 8.14. The predicted octanol–water partition coefficient (Wildman–Crippen LogP) is 3.67. The van der Waals surface area contributed by atoms with Gasteiger partial charge in [0.2, 0.25) is 0 Å². The number of carbonyl (C=O) groups is 1. The molecule has 0 atom stereocenters. The van der Waals surface area contributed by atoms with Gasteiger partial charge in [0.15, 0.2) is 5.13 Å². The van der Waals surface area contributed by atoms with E-state index in [4.69, 9.17) is 9.47 Å². The van der Waals surface area contributed by atoms with Crippen LogP contribution in [0.25, 0.3) is 10.2 Å². The van der Waals surface area contributed by atoms with Crippen molar-refractivity contribution in [2.75, 3.05) is 17.9 Å². The molecule has 0 radical (unpaired) electrons. The highest BCUT2D eigenvalue weighted by Crippen LogP contribution is 2.30. The third-order valence-corrected chi connectivity index (χ3v) is 5.99. The minimum atomic E-state index is -3.82. The Kier molecular flexibility index (Phi) is 5.62. The molecule has 0 aliphatic carbocycles. The normalized spacial score (nSPS) is 11.3. The van der Waals surface area contributed by atoms with Crippen molar-refractivity contribution in [2.45, 2.75) is 18.7 Å². The van der Waals surface area contributed by atoms with Crippen LogP contribution in [0.5, 0.6) is 5.75 Å². The van der Waals surface area contributed by atoms with Crippen LogP contribution in [0.3, 0.4) is 0 Å². The van der Waals surface area contributed by atoms with Gasteiger partial charge in [-0.1, -0.05) is 11.3 Å². The third-order valence-electron chi connectivity index (χ3n) is 3.57. The average molecular weight is 406 g/mol. The van der Waals surface area contributed by atoms with Crippen LogP contribution >= 0.6 is 11.3 Å². The molecule has 7 nitrogen and oxygen atoms in total. The van der Waals surface area contributed by atoms with Crippen LogP contribution in [0.4, 0.5) is 5.13 Å². The molecule has 142 valence electrons. The van der Waals surface area contributed by atoms with Gasteiger partial charge < -0.3 is 9.47 Å². The number of aromatic nitrogens is 1. The number of carbonyl (C=O) groups excluding carboxylic acids is 1. The van der Waals surface area contributed by atoms with Crippen molar-refractivity contribution in [1.29, 1.82) is 0 Å². The maximum Gasteiger partial charge on any atom is 0.338 e. The lowest BCUT2D eigenvalue weighted by molar-refractivity contribution is 0.0526. The number of hydrogen-bond acceptors (Lipinski definition) is 7. The zero-order valence-electron chi connectivity index (χ0n) is 14.8. The fourth-order valence-electron chi connectivity index (χ4n) is 2.36. The number of anilines is 1. The van der Waals surface area contributed by atoms with Crippen LogP contribution in [0.2, 0.25) is 0 Å². The van der Waals surface area contributed by atoms with E-state index in [1.807, 2.05) is 13.0 Å². The number of benzene rings is 2. The second-order valence-electron chi connectivity index (χ2n) is 5.43. The van der Waals surface area contributed by atoms with Crippen molar-refractivity contribution in [3.05, 3.63) is 48.0 Å². The molecule has 1 heterocycles. The van der Waals surface area contributed by atoms with Gasteiger partial charge in [-0.2, -0.15) is 0 Å². The second kappa shape index (κ2) is 7.93. The topological polar surface area (TPSA) is 94.6 Å². The summed E-state index contributed by atoms with van der Waals surface area (Å²) in [5.74, 6) is 0.211. The minimum Gasteiger partial charge on any atom is -0.494 e. The van der Waals surface area contributed by atoms with Gasteiger partial charge in [-0.05, 0) is 56.3 Å². The van der Waals surface area contributed by atoms with E-state index < -0.39 is 16.0 Å². The molecule has 0 saturated carbocycles.